The van der Waals surface area contributed by atoms with Gasteiger partial charge in [-0.15, -0.1) is 0 Å². The predicted octanol–water partition coefficient (Wildman–Crippen LogP) is 4.62. The summed E-state index contributed by atoms with van der Waals surface area (Å²) in [5, 5.41) is 1.07. The first kappa shape index (κ1) is 14.5. The molecule has 0 unspecified atom stereocenters. The van der Waals surface area contributed by atoms with Gasteiger partial charge in [0.2, 0.25) is 0 Å². The summed E-state index contributed by atoms with van der Waals surface area (Å²) >= 11 is 3.33. The molecule has 0 aliphatic heterocycles. The maximum atomic E-state index is 11.8. The van der Waals surface area contributed by atoms with Crippen molar-refractivity contribution in [2.24, 2.45) is 0 Å². The zero-order valence-corrected chi connectivity index (χ0v) is 13.2. The van der Waals surface area contributed by atoms with Gasteiger partial charge in [0.1, 0.15) is 5.75 Å². The number of benzene rings is 2. The van der Waals surface area contributed by atoms with Crippen molar-refractivity contribution in [3.8, 4) is 5.75 Å². The van der Waals surface area contributed by atoms with Crippen LogP contribution in [0.4, 0.5) is 0 Å². The number of carbonyl (C=O) groups is 1. The number of esters is 1. The lowest BCUT2D eigenvalue weighted by Crippen LogP contribution is -2.03. The van der Waals surface area contributed by atoms with Gasteiger partial charge >= 0.3 is 5.97 Å². The zero-order valence-electron chi connectivity index (χ0n) is 11.6. The van der Waals surface area contributed by atoms with E-state index < -0.39 is 5.97 Å². The van der Waals surface area contributed by atoms with Gasteiger partial charge in [-0.25, -0.2) is 9.78 Å². The number of halogens is 1. The fourth-order valence-corrected chi connectivity index (χ4v) is 2.25. The van der Waals surface area contributed by atoms with Gasteiger partial charge in [-0.2, -0.15) is 0 Å². The lowest BCUT2D eigenvalue weighted by Gasteiger charge is -2.01. The number of pyridine rings is 1. The van der Waals surface area contributed by atoms with Gasteiger partial charge in [-0.05, 0) is 42.5 Å². The highest BCUT2D eigenvalue weighted by atomic mass is 79.9. The molecule has 0 N–H and O–H groups in total. The highest BCUT2D eigenvalue weighted by Gasteiger charge is 2.01. The van der Waals surface area contributed by atoms with Crippen LogP contribution in [-0.4, -0.2) is 11.0 Å². The molecular weight excluding hydrogens is 342 g/mol. The fraction of sp³-hybridized carbons (Fsp3) is 0. The van der Waals surface area contributed by atoms with Crippen molar-refractivity contribution in [1.82, 2.24) is 4.98 Å². The van der Waals surface area contributed by atoms with Crippen molar-refractivity contribution >= 4 is 38.9 Å². The largest absolute Gasteiger partial charge is 0.423 e. The molecule has 3 rings (SSSR count). The topological polar surface area (TPSA) is 39.2 Å². The van der Waals surface area contributed by atoms with E-state index in [1.165, 1.54) is 6.08 Å². The molecule has 0 radical (unpaired) electrons. The first-order chi connectivity index (χ1) is 10.7. The first-order valence-electron chi connectivity index (χ1n) is 6.72. The van der Waals surface area contributed by atoms with Crippen molar-refractivity contribution in [3.63, 3.8) is 0 Å². The molecule has 0 aliphatic rings. The first-order valence-corrected chi connectivity index (χ1v) is 7.51. The second-order valence-electron chi connectivity index (χ2n) is 4.64. The molecule has 1 aromatic heterocycles. The standard InChI is InChI=1S/C18H12BrNO2/c19-14-6-10-16(11-7-14)22-18(21)12-9-15-8-5-13-3-1-2-4-17(13)20-15/h1-12H. The maximum Gasteiger partial charge on any atom is 0.336 e. The van der Waals surface area contributed by atoms with Gasteiger partial charge in [0, 0.05) is 15.9 Å². The molecule has 0 saturated heterocycles. The lowest BCUT2D eigenvalue weighted by molar-refractivity contribution is -0.128. The van der Waals surface area contributed by atoms with E-state index in [0.717, 1.165) is 15.4 Å². The second kappa shape index (κ2) is 6.54. The summed E-state index contributed by atoms with van der Waals surface area (Å²) in [6.45, 7) is 0. The molecule has 108 valence electrons. The number of fused-ring (bicyclic) bond motifs is 1. The molecule has 3 nitrogen and oxygen atoms in total. The third-order valence-electron chi connectivity index (χ3n) is 3.04. The average Bonchev–Trinajstić information content (AvgIpc) is 2.55. The Morgan fingerprint density at radius 2 is 1.77 bits per heavy atom. The van der Waals surface area contributed by atoms with Crippen molar-refractivity contribution in [1.29, 1.82) is 0 Å². The Labute approximate surface area is 136 Å². The van der Waals surface area contributed by atoms with Crippen molar-refractivity contribution in [3.05, 3.63) is 76.9 Å². The summed E-state index contributed by atoms with van der Waals surface area (Å²) < 4.78 is 6.14. The molecule has 0 saturated carbocycles. The molecule has 0 spiro atoms. The van der Waals surface area contributed by atoms with Crippen LogP contribution in [0.2, 0.25) is 0 Å². The molecule has 2 aromatic carbocycles. The van der Waals surface area contributed by atoms with Gasteiger partial charge in [0.05, 0.1) is 11.2 Å². The molecule has 0 atom stereocenters. The minimum Gasteiger partial charge on any atom is -0.423 e. The fourth-order valence-electron chi connectivity index (χ4n) is 1.98. The zero-order chi connectivity index (χ0) is 15.4. The number of hydrogen-bond donors (Lipinski definition) is 0. The van der Waals surface area contributed by atoms with Crippen molar-refractivity contribution < 1.29 is 9.53 Å². The van der Waals surface area contributed by atoms with Crippen LogP contribution in [0.15, 0.2) is 71.2 Å². The number of aromatic nitrogens is 1. The minimum atomic E-state index is -0.433. The van der Waals surface area contributed by atoms with E-state index in [2.05, 4.69) is 20.9 Å². The third-order valence-corrected chi connectivity index (χ3v) is 3.57. The van der Waals surface area contributed by atoms with Gasteiger partial charge in [-0.1, -0.05) is 40.2 Å². The van der Waals surface area contributed by atoms with Gasteiger partial charge in [0.15, 0.2) is 0 Å². The van der Waals surface area contributed by atoms with Crippen LogP contribution in [0.25, 0.3) is 17.0 Å². The van der Waals surface area contributed by atoms with E-state index >= 15 is 0 Å². The molecule has 0 amide bonds. The van der Waals surface area contributed by atoms with Crippen LogP contribution in [0.3, 0.4) is 0 Å². The summed E-state index contributed by atoms with van der Waals surface area (Å²) in [5.41, 5.74) is 1.61. The molecule has 4 heteroatoms. The SMILES string of the molecule is O=C(C=Cc1ccc2ccccc2n1)Oc1ccc(Br)cc1. The van der Waals surface area contributed by atoms with Crippen LogP contribution in [-0.2, 0) is 4.79 Å². The summed E-state index contributed by atoms with van der Waals surface area (Å²) in [7, 11) is 0. The Balaban J connectivity index is 1.71. The number of nitrogens with zero attached hydrogens (tertiary/aromatic N) is 1. The monoisotopic (exact) mass is 353 g/mol. The van der Waals surface area contributed by atoms with Crippen LogP contribution < -0.4 is 4.74 Å². The van der Waals surface area contributed by atoms with E-state index in [9.17, 15) is 4.79 Å². The Bertz CT molecular complexity index is 841. The molecule has 0 aliphatic carbocycles. The quantitative estimate of drug-likeness (QED) is 0.392. The highest BCUT2D eigenvalue weighted by molar-refractivity contribution is 9.10. The summed E-state index contributed by atoms with van der Waals surface area (Å²) in [4.78, 5) is 16.3. The molecular formula is C18H12BrNO2. The normalized spacial score (nSPS) is 11.0. The van der Waals surface area contributed by atoms with E-state index in [1.807, 2.05) is 48.5 Å². The highest BCUT2D eigenvalue weighted by Crippen LogP contribution is 2.16. The number of carbonyl (C=O) groups excluding carboxylic acids is 1. The van der Waals surface area contributed by atoms with Crippen LogP contribution >= 0.6 is 15.9 Å². The summed E-state index contributed by atoms with van der Waals surface area (Å²) in [6, 6.07) is 18.8. The maximum absolute atomic E-state index is 11.8. The van der Waals surface area contributed by atoms with E-state index in [1.54, 1.807) is 18.2 Å². The Hall–Kier alpha value is -2.46. The number of hydrogen-bond acceptors (Lipinski definition) is 3. The van der Waals surface area contributed by atoms with Gasteiger partial charge < -0.3 is 4.74 Å². The van der Waals surface area contributed by atoms with Crippen molar-refractivity contribution in [2.75, 3.05) is 0 Å². The lowest BCUT2D eigenvalue weighted by atomic mass is 10.2. The van der Waals surface area contributed by atoms with Crippen LogP contribution in [0.5, 0.6) is 5.75 Å². The van der Waals surface area contributed by atoms with Crippen LogP contribution in [0.1, 0.15) is 5.69 Å². The average molecular weight is 354 g/mol. The van der Waals surface area contributed by atoms with Gasteiger partial charge in [-0.3, -0.25) is 0 Å². The molecule has 3 aromatic rings. The molecule has 22 heavy (non-hydrogen) atoms. The number of rotatable bonds is 3. The second-order valence-corrected chi connectivity index (χ2v) is 5.55. The number of ether oxygens (including phenoxy) is 1. The molecule has 1 heterocycles. The Morgan fingerprint density at radius 1 is 1.00 bits per heavy atom. The van der Waals surface area contributed by atoms with Crippen LogP contribution in [0, 0.1) is 0 Å². The Kier molecular flexibility index (Phi) is 4.30. The summed E-state index contributed by atoms with van der Waals surface area (Å²) in [5.74, 6) is 0.0709. The number of para-hydroxylation sites is 1. The molecule has 0 bridgehead atoms. The van der Waals surface area contributed by atoms with Crippen molar-refractivity contribution in [2.45, 2.75) is 0 Å². The smallest absolute Gasteiger partial charge is 0.336 e. The predicted molar refractivity (Wildman–Crippen MR) is 90.6 cm³/mol. The minimum absolute atomic E-state index is 0.433. The van der Waals surface area contributed by atoms with E-state index in [4.69, 9.17) is 4.74 Å². The van der Waals surface area contributed by atoms with Gasteiger partial charge in [0.25, 0.3) is 0 Å². The van der Waals surface area contributed by atoms with E-state index in [0.29, 0.717) is 11.4 Å². The summed E-state index contributed by atoms with van der Waals surface area (Å²) in [6.07, 6.45) is 3.02. The third kappa shape index (κ3) is 3.59. The van der Waals surface area contributed by atoms with E-state index in [-0.39, 0.29) is 0 Å². The Morgan fingerprint density at radius 3 is 2.59 bits per heavy atom. The molecule has 0 fully saturated rings.